The minimum absolute atomic E-state index is 0.0273. The lowest BCUT2D eigenvalue weighted by Crippen LogP contribution is -2.43. The smallest absolute Gasteiger partial charge is 0.412 e. The van der Waals surface area contributed by atoms with Gasteiger partial charge in [0.25, 0.3) is 0 Å². The zero-order valence-corrected chi connectivity index (χ0v) is 14.7. The number of aromatic hydroxyl groups is 1. The fraction of sp³-hybridized carbons (Fsp3) is 0.316. The summed E-state index contributed by atoms with van der Waals surface area (Å²) in [5.74, 6) is 0.539. The zero-order valence-electron chi connectivity index (χ0n) is 14.7. The van der Waals surface area contributed by atoms with Gasteiger partial charge in [-0.15, -0.1) is 0 Å². The summed E-state index contributed by atoms with van der Waals surface area (Å²) < 4.78 is 5.57. The molecule has 0 radical (unpaired) electrons. The standard InChI is InChI=1S/C19H21N5O3/c20-12-2-1-3-13(8-12)22-19(26)27-17-9-16(11-4-6-14(25)7-5-11)23-18-15(17)10-21-24-18/h4-7,9-10,12-13,25H,1-3,8,20H2,(H,22,26)(H,21,23,24). The number of benzene rings is 1. The van der Waals surface area contributed by atoms with Gasteiger partial charge in [0.05, 0.1) is 17.3 Å². The SMILES string of the molecule is NC1CCCC(NC(=O)Oc2cc(-c3ccc(O)cc3)nc3[nH]ncc23)C1. The van der Waals surface area contributed by atoms with Crippen molar-refractivity contribution in [3.8, 4) is 22.8 Å². The van der Waals surface area contributed by atoms with E-state index in [1.54, 1.807) is 36.5 Å². The number of aromatic nitrogens is 3. The summed E-state index contributed by atoms with van der Waals surface area (Å²) in [4.78, 5) is 16.9. The Morgan fingerprint density at radius 1 is 1.30 bits per heavy atom. The van der Waals surface area contributed by atoms with Crippen LogP contribution in [0.15, 0.2) is 36.5 Å². The number of rotatable bonds is 3. The number of hydrogen-bond acceptors (Lipinski definition) is 6. The largest absolute Gasteiger partial charge is 0.508 e. The van der Waals surface area contributed by atoms with E-state index in [0.717, 1.165) is 31.2 Å². The van der Waals surface area contributed by atoms with Crippen molar-refractivity contribution in [2.45, 2.75) is 37.8 Å². The van der Waals surface area contributed by atoms with Crippen LogP contribution in [0.4, 0.5) is 4.79 Å². The fourth-order valence-corrected chi connectivity index (χ4v) is 3.42. The molecule has 2 heterocycles. The number of pyridine rings is 1. The number of amides is 1. The highest BCUT2D eigenvalue weighted by Gasteiger charge is 2.22. The Morgan fingerprint density at radius 3 is 2.89 bits per heavy atom. The number of nitrogens with zero attached hydrogens (tertiary/aromatic N) is 2. The summed E-state index contributed by atoms with van der Waals surface area (Å²) >= 11 is 0. The van der Waals surface area contributed by atoms with Crippen LogP contribution in [0.3, 0.4) is 0 Å². The van der Waals surface area contributed by atoms with Gasteiger partial charge in [0.2, 0.25) is 0 Å². The molecule has 1 saturated carbocycles. The molecule has 0 aliphatic heterocycles. The predicted molar refractivity (Wildman–Crippen MR) is 100 cm³/mol. The summed E-state index contributed by atoms with van der Waals surface area (Å²) in [6.45, 7) is 0. The number of nitrogens with two attached hydrogens (primary N) is 1. The number of phenolic OH excluding ortho intramolecular Hbond substituents is 1. The Bertz CT molecular complexity index is 954. The quantitative estimate of drug-likeness (QED) is 0.564. The van der Waals surface area contributed by atoms with E-state index in [9.17, 15) is 9.90 Å². The highest BCUT2D eigenvalue weighted by Crippen LogP contribution is 2.30. The van der Waals surface area contributed by atoms with Crippen LogP contribution >= 0.6 is 0 Å². The van der Waals surface area contributed by atoms with E-state index in [1.807, 2.05) is 0 Å². The molecule has 8 heteroatoms. The Kier molecular flexibility index (Phi) is 4.64. The number of H-pyrrole nitrogens is 1. The van der Waals surface area contributed by atoms with Gasteiger partial charge in [-0.05, 0) is 49.9 Å². The topological polar surface area (TPSA) is 126 Å². The molecule has 8 nitrogen and oxygen atoms in total. The lowest BCUT2D eigenvalue weighted by molar-refractivity contribution is 0.191. The number of fused-ring (bicyclic) bond motifs is 1. The van der Waals surface area contributed by atoms with Gasteiger partial charge in [0, 0.05) is 23.7 Å². The Labute approximate surface area is 155 Å². The monoisotopic (exact) mass is 367 g/mol. The van der Waals surface area contributed by atoms with Crippen LogP contribution in [0, 0.1) is 0 Å². The van der Waals surface area contributed by atoms with Crippen molar-refractivity contribution in [3.63, 3.8) is 0 Å². The van der Waals surface area contributed by atoms with Crippen LogP contribution in [0.5, 0.6) is 11.5 Å². The summed E-state index contributed by atoms with van der Waals surface area (Å²) in [7, 11) is 0. The molecule has 140 valence electrons. The van der Waals surface area contributed by atoms with Crippen LogP contribution in [0.2, 0.25) is 0 Å². The first kappa shape index (κ1) is 17.3. The fourth-order valence-electron chi connectivity index (χ4n) is 3.42. The van der Waals surface area contributed by atoms with Gasteiger partial charge in [0.15, 0.2) is 5.65 Å². The predicted octanol–water partition coefficient (Wildman–Crippen LogP) is 2.69. The molecule has 0 saturated heterocycles. The third-order valence-electron chi connectivity index (χ3n) is 4.79. The van der Waals surface area contributed by atoms with Crippen molar-refractivity contribution in [2.75, 3.05) is 0 Å². The maximum Gasteiger partial charge on any atom is 0.412 e. The van der Waals surface area contributed by atoms with Crippen LogP contribution in [0.1, 0.15) is 25.7 Å². The van der Waals surface area contributed by atoms with E-state index in [4.69, 9.17) is 10.5 Å². The Morgan fingerprint density at radius 2 is 2.11 bits per heavy atom. The average Bonchev–Trinajstić information content (AvgIpc) is 3.11. The molecule has 27 heavy (non-hydrogen) atoms. The molecule has 4 rings (SSSR count). The number of hydrogen-bond donors (Lipinski definition) is 4. The molecule has 1 amide bonds. The second kappa shape index (κ2) is 7.24. The summed E-state index contributed by atoms with van der Waals surface area (Å²) in [6.07, 6.45) is 4.70. The first-order valence-electron chi connectivity index (χ1n) is 8.96. The molecule has 0 bridgehead atoms. The van der Waals surface area contributed by atoms with Crippen molar-refractivity contribution < 1.29 is 14.6 Å². The molecular formula is C19H21N5O3. The lowest BCUT2D eigenvalue weighted by Gasteiger charge is -2.26. The van der Waals surface area contributed by atoms with Crippen LogP contribution < -0.4 is 15.8 Å². The molecule has 1 aliphatic carbocycles. The summed E-state index contributed by atoms with van der Waals surface area (Å²) in [6, 6.07) is 8.48. The highest BCUT2D eigenvalue weighted by molar-refractivity contribution is 5.87. The molecular weight excluding hydrogens is 346 g/mol. The molecule has 1 fully saturated rings. The number of nitrogens with one attached hydrogen (secondary N) is 2. The third-order valence-corrected chi connectivity index (χ3v) is 4.79. The van der Waals surface area contributed by atoms with Crippen molar-refractivity contribution in [1.82, 2.24) is 20.5 Å². The van der Waals surface area contributed by atoms with Gasteiger partial charge < -0.3 is 20.9 Å². The molecule has 2 unspecified atom stereocenters. The molecule has 0 spiro atoms. The maximum absolute atomic E-state index is 12.4. The number of carbonyl (C=O) groups is 1. The van der Waals surface area contributed by atoms with Crippen LogP contribution in [-0.4, -0.2) is 38.5 Å². The average molecular weight is 367 g/mol. The summed E-state index contributed by atoms with van der Waals surface area (Å²) in [5.41, 5.74) is 7.89. The van der Waals surface area contributed by atoms with Crippen molar-refractivity contribution in [1.29, 1.82) is 0 Å². The maximum atomic E-state index is 12.4. The van der Waals surface area contributed by atoms with Gasteiger partial charge in [-0.1, -0.05) is 0 Å². The van der Waals surface area contributed by atoms with Gasteiger partial charge in [-0.25, -0.2) is 9.78 Å². The lowest BCUT2D eigenvalue weighted by atomic mass is 9.92. The van der Waals surface area contributed by atoms with Crippen molar-refractivity contribution in [3.05, 3.63) is 36.5 Å². The minimum atomic E-state index is -0.514. The van der Waals surface area contributed by atoms with Gasteiger partial charge in [-0.3, -0.25) is 5.10 Å². The molecule has 2 atom stereocenters. The zero-order chi connectivity index (χ0) is 18.8. The number of phenols is 1. The van der Waals surface area contributed by atoms with Crippen LogP contribution in [-0.2, 0) is 0 Å². The van der Waals surface area contributed by atoms with Gasteiger partial charge in [-0.2, -0.15) is 5.10 Å². The van der Waals surface area contributed by atoms with Gasteiger partial charge >= 0.3 is 6.09 Å². The van der Waals surface area contributed by atoms with Crippen molar-refractivity contribution >= 4 is 17.1 Å². The minimum Gasteiger partial charge on any atom is -0.508 e. The number of aromatic amines is 1. The summed E-state index contributed by atoms with van der Waals surface area (Å²) in [5, 5.41) is 19.8. The molecule has 1 aliphatic rings. The van der Waals surface area contributed by atoms with Crippen LogP contribution in [0.25, 0.3) is 22.3 Å². The highest BCUT2D eigenvalue weighted by atomic mass is 16.6. The first-order valence-corrected chi connectivity index (χ1v) is 8.96. The molecule has 1 aromatic carbocycles. The van der Waals surface area contributed by atoms with E-state index in [-0.39, 0.29) is 17.8 Å². The second-order valence-corrected chi connectivity index (χ2v) is 6.84. The Hall–Kier alpha value is -3.13. The number of ether oxygens (including phenoxy) is 1. The van der Waals surface area contributed by atoms with E-state index in [1.165, 1.54) is 0 Å². The van der Waals surface area contributed by atoms with Crippen molar-refractivity contribution in [2.24, 2.45) is 5.73 Å². The first-order chi connectivity index (χ1) is 13.1. The molecule has 3 aromatic rings. The molecule has 2 aromatic heterocycles. The number of carbonyl (C=O) groups excluding carboxylic acids is 1. The van der Waals surface area contributed by atoms with E-state index in [2.05, 4.69) is 20.5 Å². The van der Waals surface area contributed by atoms with E-state index in [0.29, 0.717) is 22.5 Å². The van der Waals surface area contributed by atoms with Gasteiger partial charge in [0.1, 0.15) is 11.5 Å². The second-order valence-electron chi connectivity index (χ2n) is 6.84. The van der Waals surface area contributed by atoms with E-state index < -0.39 is 6.09 Å². The molecule has 5 N–H and O–H groups in total. The normalized spacial score (nSPS) is 19.7. The third kappa shape index (κ3) is 3.85. The Balaban J connectivity index is 1.57. The van der Waals surface area contributed by atoms with E-state index >= 15 is 0 Å².